The lowest BCUT2D eigenvalue weighted by Gasteiger charge is -2.34. The van der Waals surface area contributed by atoms with E-state index in [0.29, 0.717) is 12.3 Å². The minimum Gasteiger partial charge on any atom is -0.360 e. The molecule has 140 valence electrons. The van der Waals surface area contributed by atoms with Crippen LogP contribution in [0.4, 0.5) is 0 Å². The van der Waals surface area contributed by atoms with Crippen LogP contribution in [0.25, 0.3) is 0 Å². The SMILES string of the molecule is Cc1cc(CN2CCN(C(=O)Cc3ccc(CC(C)C)cc3)CC2)on1. The summed E-state index contributed by atoms with van der Waals surface area (Å²) in [5.41, 5.74) is 3.35. The number of carbonyl (C=O) groups excluding carboxylic acids is 1. The van der Waals surface area contributed by atoms with Crippen molar-refractivity contribution in [2.75, 3.05) is 26.2 Å². The van der Waals surface area contributed by atoms with Crippen molar-refractivity contribution < 1.29 is 9.32 Å². The van der Waals surface area contributed by atoms with E-state index in [1.54, 1.807) is 0 Å². The molecular weight excluding hydrogens is 326 g/mol. The molecule has 1 amide bonds. The van der Waals surface area contributed by atoms with Crippen LogP contribution in [-0.4, -0.2) is 47.0 Å². The largest absolute Gasteiger partial charge is 0.360 e. The third-order valence-corrected chi connectivity index (χ3v) is 4.80. The van der Waals surface area contributed by atoms with Crippen molar-refractivity contribution >= 4 is 5.91 Å². The van der Waals surface area contributed by atoms with E-state index in [0.717, 1.165) is 56.2 Å². The lowest BCUT2D eigenvalue weighted by molar-refractivity contribution is -0.132. The van der Waals surface area contributed by atoms with Crippen molar-refractivity contribution in [1.82, 2.24) is 15.0 Å². The molecule has 0 saturated carbocycles. The summed E-state index contributed by atoms with van der Waals surface area (Å²) >= 11 is 0. The number of nitrogens with zero attached hydrogens (tertiary/aromatic N) is 3. The third kappa shape index (κ3) is 5.18. The number of carbonyl (C=O) groups is 1. The van der Waals surface area contributed by atoms with Gasteiger partial charge in [0.1, 0.15) is 0 Å². The molecule has 1 aromatic heterocycles. The second-order valence-corrected chi connectivity index (χ2v) is 7.68. The van der Waals surface area contributed by atoms with E-state index < -0.39 is 0 Å². The number of hydrogen-bond donors (Lipinski definition) is 0. The topological polar surface area (TPSA) is 49.6 Å². The zero-order valence-corrected chi connectivity index (χ0v) is 16.1. The second kappa shape index (κ2) is 8.49. The zero-order valence-electron chi connectivity index (χ0n) is 16.1. The van der Waals surface area contributed by atoms with Gasteiger partial charge in [-0.3, -0.25) is 9.69 Å². The van der Waals surface area contributed by atoms with E-state index in [1.165, 1.54) is 5.56 Å². The Hall–Kier alpha value is -2.14. The van der Waals surface area contributed by atoms with Crippen molar-refractivity contribution in [3.05, 3.63) is 52.9 Å². The number of hydrogen-bond acceptors (Lipinski definition) is 4. The first kappa shape index (κ1) is 18.6. The number of aromatic nitrogens is 1. The van der Waals surface area contributed by atoms with Crippen LogP contribution in [-0.2, 0) is 24.2 Å². The zero-order chi connectivity index (χ0) is 18.5. The molecular formula is C21H29N3O2. The molecule has 0 bridgehead atoms. The third-order valence-electron chi connectivity index (χ3n) is 4.80. The lowest BCUT2D eigenvalue weighted by atomic mass is 10.0. The summed E-state index contributed by atoms with van der Waals surface area (Å²) < 4.78 is 5.28. The number of amides is 1. The number of aryl methyl sites for hydroxylation is 1. The lowest BCUT2D eigenvalue weighted by Crippen LogP contribution is -2.48. The van der Waals surface area contributed by atoms with Crippen LogP contribution in [0, 0.1) is 12.8 Å². The highest BCUT2D eigenvalue weighted by Gasteiger charge is 2.22. The average Bonchev–Trinajstić information content (AvgIpc) is 3.01. The fourth-order valence-electron chi connectivity index (χ4n) is 3.42. The molecule has 5 heteroatoms. The Morgan fingerprint density at radius 3 is 2.35 bits per heavy atom. The first-order valence-electron chi connectivity index (χ1n) is 9.50. The van der Waals surface area contributed by atoms with Gasteiger partial charge in [-0.2, -0.15) is 0 Å². The molecule has 1 aromatic carbocycles. The van der Waals surface area contributed by atoms with E-state index >= 15 is 0 Å². The number of piperazine rings is 1. The molecule has 1 fully saturated rings. The minimum absolute atomic E-state index is 0.219. The molecule has 2 heterocycles. The average molecular weight is 355 g/mol. The maximum atomic E-state index is 12.6. The van der Waals surface area contributed by atoms with Gasteiger partial charge < -0.3 is 9.42 Å². The molecule has 26 heavy (non-hydrogen) atoms. The molecule has 1 aliphatic rings. The van der Waals surface area contributed by atoms with Gasteiger partial charge in [0, 0.05) is 32.2 Å². The van der Waals surface area contributed by atoms with Crippen molar-refractivity contribution in [1.29, 1.82) is 0 Å². The van der Waals surface area contributed by atoms with Gasteiger partial charge in [-0.15, -0.1) is 0 Å². The molecule has 1 saturated heterocycles. The Morgan fingerprint density at radius 2 is 1.77 bits per heavy atom. The van der Waals surface area contributed by atoms with Crippen LogP contribution in [0.5, 0.6) is 0 Å². The van der Waals surface area contributed by atoms with Crippen LogP contribution >= 0.6 is 0 Å². The Bertz CT molecular complexity index is 713. The fourth-order valence-corrected chi connectivity index (χ4v) is 3.42. The standard InChI is InChI=1S/C21H29N3O2/c1-16(2)12-18-4-6-19(7-5-18)14-21(25)24-10-8-23(9-11-24)15-20-13-17(3)22-26-20/h4-7,13,16H,8-12,14-15H2,1-3H3. The molecule has 5 nitrogen and oxygen atoms in total. The van der Waals surface area contributed by atoms with Crippen molar-refractivity contribution in [2.45, 2.75) is 40.2 Å². The van der Waals surface area contributed by atoms with Crippen molar-refractivity contribution in [2.24, 2.45) is 5.92 Å². The molecule has 0 spiro atoms. The summed E-state index contributed by atoms with van der Waals surface area (Å²) in [6.07, 6.45) is 1.57. The maximum absolute atomic E-state index is 12.6. The van der Waals surface area contributed by atoms with E-state index in [9.17, 15) is 4.79 Å². The highest BCUT2D eigenvalue weighted by Crippen LogP contribution is 2.13. The fraction of sp³-hybridized carbons (Fsp3) is 0.524. The predicted octanol–water partition coefficient (Wildman–Crippen LogP) is 3.07. The Kier molecular flexibility index (Phi) is 6.09. The monoisotopic (exact) mass is 355 g/mol. The summed E-state index contributed by atoms with van der Waals surface area (Å²) in [5, 5.41) is 3.93. The van der Waals surface area contributed by atoms with Crippen LogP contribution in [0.1, 0.15) is 36.4 Å². The highest BCUT2D eigenvalue weighted by molar-refractivity contribution is 5.78. The van der Waals surface area contributed by atoms with Crippen LogP contribution < -0.4 is 0 Å². The molecule has 0 aliphatic carbocycles. The maximum Gasteiger partial charge on any atom is 0.227 e. The summed E-state index contributed by atoms with van der Waals surface area (Å²) in [5.74, 6) is 1.76. The van der Waals surface area contributed by atoms with E-state index in [-0.39, 0.29) is 5.91 Å². The quantitative estimate of drug-likeness (QED) is 0.799. The van der Waals surface area contributed by atoms with Gasteiger partial charge in [0.25, 0.3) is 0 Å². The van der Waals surface area contributed by atoms with Gasteiger partial charge in [0.15, 0.2) is 5.76 Å². The van der Waals surface area contributed by atoms with Gasteiger partial charge in [-0.25, -0.2) is 0 Å². The van der Waals surface area contributed by atoms with Gasteiger partial charge >= 0.3 is 0 Å². The summed E-state index contributed by atoms with van der Waals surface area (Å²) in [7, 11) is 0. The Balaban J connectivity index is 1.46. The first-order chi connectivity index (χ1) is 12.5. The van der Waals surface area contributed by atoms with Gasteiger partial charge in [-0.05, 0) is 30.4 Å². The van der Waals surface area contributed by atoms with Crippen LogP contribution in [0.3, 0.4) is 0 Å². The summed E-state index contributed by atoms with van der Waals surface area (Å²) in [6.45, 7) is 10.4. The number of benzene rings is 1. The first-order valence-corrected chi connectivity index (χ1v) is 9.50. The Labute approximate surface area is 156 Å². The van der Waals surface area contributed by atoms with E-state index in [1.807, 2.05) is 17.9 Å². The molecule has 0 unspecified atom stereocenters. The Morgan fingerprint density at radius 1 is 1.12 bits per heavy atom. The number of rotatable bonds is 6. The highest BCUT2D eigenvalue weighted by atomic mass is 16.5. The normalized spacial score (nSPS) is 15.6. The summed E-state index contributed by atoms with van der Waals surface area (Å²) in [4.78, 5) is 16.9. The van der Waals surface area contributed by atoms with E-state index in [4.69, 9.17) is 4.52 Å². The molecule has 3 rings (SSSR count). The minimum atomic E-state index is 0.219. The van der Waals surface area contributed by atoms with Crippen LogP contribution in [0.15, 0.2) is 34.9 Å². The van der Waals surface area contributed by atoms with Gasteiger partial charge in [0.05, 0.1) is 18.7 Å². The predicted molar refractivity (Wildman–Crippen MR) is 102 cm³/mol. The molecule has 1 aliphatic heterocycles. The second-order valence-electron chi connectivity index (χ2n) is 7.68. The molecule has 0 N–H and O–H groups in total. The molecule has 2 aromatic rings. The van der Waals surface area contributed by atoms with Crippen LogP contribution in [0.2, 0.25) is 0 Å². The van der Waals surface area contributed by atoms with Crippen molar-refractivity contribution in [3.8, 4) is 0 Å². The molecule has 0 atom stereocenters. The van der Waals surface area contributed by atoms with Crippen molar-refractivity contribution in [3.63, 3.8) is 0 Å². The van der Waals surface area contributed by atoms with Gasteiger partial charge in [0.2, 0.25) is 5.91 Å². The summed E-state index contributed by atoms with van der Waals surface area (Å²) in [6, 6.07) is 10.5. The van der Waals surface area contributed by atoms with E-state index in [2.05, 4.69) is 48.2 Å². The van der Waals surface area contributed by atoms with Gasteiger partial charge in [-0.1, -0.05) is 43.3 Å². The smallest absolute Gasteiger partial charge is 0.227 e. The molecule has 0 radical (unpaired) electrons.